The van der Waals surface area contributed by atoms with Crippen molar-refractivity contribution in [2.45, 2.75) is 25.5 Å². The third kappa shape index (κ3) is 3.22. The summed E-state index contributed by atoms with van der Waals surface area (Å²) in [6, 6.07) is 7.89. The molecule has 18 heavy (non-hydrogen) atoms. The molecule has 0 fully saturated rings. The van der Waals surface area contributed by atoms with E-state index in [1.54, 1.807) is 0 Å². The Bertz CT molecular complexity index is 412. The van der Waals surface area contributed by atoms with Gasteiger partial charge >= 0.3 is 0 Å². The van der Waals surface area contributed by atoms with E-state index in [1.165, 1.54) is 5.56 Å². The zero-order valence-electron chi connectivity index (χ0n) is 10.4. The number of fused-ring (bicyclic) bond motifs is 1. The molecule has 0 saturated heterocycles. The second-order valence-electron chi connectivity index (χ2n) is 4.34. The third-order valence-electron chi connectivity index (χ3n) is 2.97. The highest BCUT2D eigenvalue weighted by Crippen LogP contribution is 2.26. The Labute approximate surface area is 113 Å². The van der Waals surface area contributed by atoms with Crippen molar-refractivity contribution in [1.82, 2.24) is 5.32 Å². The maximum atomic E-state index is 12.0. The van der Waals surface area contributed by atoms with E-state index in [0.29, 0.717) is 13.2 Å². The molecule has 1 aromatic rings. The van der Waals surface area contributed by atoms with Crippen LogP contribution in [0.4, 0.5) is 0 Å². The fourth-order valence-corrected chi connectivity index (χ4v) is 1.99. The Kier molecular flexibility index (Phi) is 5.59. The van der Waals surface area contributed by atoms with Crippen molar-refractivity contribution in [3.8, 4) is 0 Å². The minimum absolute atomic E-state index is 0. The van der Waals surface area contributed by atoms with Gasteiger partial charge in [0.25, 0.3) is 5.91 Å². The predicted octanol–water partition coefficient (Wildman–Crippen LogP) is 1.19. The van der Waals surface area contributed by atoms with Gasteiger partial charge in [0.1, 0.15) is 0 Å². The summed E-state index contributed by atoms with van der Waals surface area (Å²) in [5, 5.41) is 2.85. The van der Waals surface area contributed by atoms with Crippen molar-refractivity contribution < 1.29 is 9.53 Å². The number of rotatable bonds is 3. The molecule has 100 valence electrons. The third-order valence-corrected chi connectivity index (χ3v) is 2.97. The fraction of sp³-hybridized carbons (Fsp3) is 0.462. The molecule has 5 heteroatoms. The number of halogens is 1. The predicted molar refractivity (Wildman–Crippen MR) is 72.7 cm³/mol. The van der Waals surface area contributed by atoms with Crippen molar-refractivity contribution >= 4 is 18.3 Å². The van der Waals surface area contributed by atoms with E-state index in [0.717, 1.165) is 12.0 Å². The summed E-state index contributed by atoms with van der Waals surface area (Å²) < 4.78 is 5.56. The Balaban J connectivity index is 0.00000162. The van der Waals surface area contributed by atoms with Crippen molar-refractivity contribution in [3.05, 3.63) is 35.4 Å². The molecule has 1 aliphatic rings. The lowest BCUT2D eigenvalue weighted by molar-refractivity contribution is -0.134. The molecule has 2 rings (SSSR count). The SMILES string of the molecule is C[C@H](CN)NC(=O)C1OCCc2ccccc21.Cl. The van der Waals surface area contributed by atoms with Gasteiger partial charge in [-0.05, 0) is 24.5 Å². The maximum absolute atomic E-state index is 12.0. The van der Waals surface area contributed by atoms with Crippen LogP contribution in [-0.2, 0) is 16.0 Å². The van der Waals surface area contributed by atoms with Crippen LogP contribution in [0.1, 0.15) is 24.2 Å². The van der Waals surface area contributed by atoms with Crippen LogP contribution in [0.5, 0.6) is 0 Å². The molecule has 3 N–H and O–H groups in total. The van der Waals surface area contributed by atoms with Crippen LogP contribution in [0, 0.1) is 0 Å². The standard InChI is InChI=1S/C13H18N2O2.ClH/c1-9(8-14)15-13(16)12-11-5-3-2-4-10(11)6-7-17-12;/h2-5,9,12H,6-8,14H2,1H3,(H,15,16);1H/t9-,12?;/m1./s1. The molecule has 0 saturated carbocycles. The number of hydrogen-bond acceptors (Lipinski definition) is 3. The quantitative estimate of drug-likeness (QED) is 0.867. The summed E-state index contributed by atoms with van der Waals surface area (Å²) in [6.07, 6.45) is 0.376. The Morgan fingerprint density at radius 1 is 1.56 bits per heavy atom. The number of nitrogens with two attached hydrogens (primary N) is 1. The van der Waals surface area contributed by atoms with Gasteiger partial charge in [0, 0.05) is 12.6 Å². The molecule has 0 aliphatic carbocycles. The average molecular weight is 271 g/mol. The summed E-state index contributed by atoms with van der Waals surface area (Å²) in [5.74, 6) is -0.102. The van der Waals surface area contributed by atoms with Crippen LogP contribution in [0.3, 0.4) is 0 Å². The first kappa shape index (κ1) is 15.0. The number of carbonyl (C=O) groups is 1. The lowest BCUT2D eigenvalue weighted by atomic mass is 9.97. The van der Waals surface area contributed by atoms with E-state index >= 15 is 0 Å². The van der Waals surface area contributed by atoms with Gasteiger partial charge in [0.15, 0.2) is 6.10 Å². The first-order valence-corrected chi connectivity index (χ1v) is 5.92. The van der Waals surface area contributed by atoms with Crippen LogP contribution < -0.4 is 11.1 Å². The molecule has 2 atom stereocenters. The van der Waals surface area contributed by atoms with E-state index < -0.39 is 6.10 Å². The van der Waals surface area contributed by atoms with Gasteiger partial charge in [-0.1, -0.05) is 24.3 Å². The molecule has 1 heterocycles. The van der Waals surface area contributed by atoms with Gasteiger partial charge in [-0.25, -0.2) is 0 Å². The number of carbonyl (C=O) groups excluding carboxylic acids is 1. The summed E-state index contributed by atoms with van der Waals surface area (Å²) in [6.45, 7) is 2.90. The van der Waals surface area contributed by atoms with Gasteiger partial charge in [-0.15, -0.1) is 12.4 Å². The summed E-state index contributed by atoms with van der Waals surface area (Å²) in [7, 11) is 0. The zero-order chi connectivity index (χ0) is 12.3. The number of ether oxygens (including phenoxy) is 1. The topological polar surface area (TPSA) is 64.3 Å². The van der Waals surface area contributed by atoms with Gasteiger partial charge < -0.3 is 15.8 Å². The van der Waals surface area contributed by atoms with Gasteiger partial charge in [-0.3, -0.25) is 4.79 Å². The molecule has 1 aromatic carbocycles. The van der Waals surface area contributed by atoms with E-state index in [-0.39, 0.29) is 24.4 Å². The van der Waals surface area contributed by atoms with Crippen LogP contribution in [0.15, 0.2) is 24.3 Å². The molecular weight excluding hydrogens is 252 g/mol. The first-order chi connectivity index (χ1) is 8.22. The van der Waals surface area contributed by atoms with E-state index in [2.05, 4.69) is 5.32 Å². The molecule has 0 bridgehead atoms. The second kappa shape index (κ2) is 6.73. The van der Waals surface area contributed by atoms with Crippen LogP contribution in [-0.4, -0.2) is 25.1 Å². The highest BCUT2D eigenvalue weighted by atomic mass is 35.5. The van der Waals surface area contributed by atoms with Crippen LogP contribution in [0.25, 0.3) is 0 Å². The Hall–Kier alpha value is -1.10. The summed E-state index contributed by atoms with van der Waals surface area (Å²) in [5.41, 5.74) is 7.66. The monoisotopic (exact) mass is 270 g/mol. The molecule has 1 amide bonds. The number of benzene rings is 1. The summed E-state index contributed by atoms with van der Waals surface area (Å²) in [4.78, 5) is 12.0. The van der Waals surface area contributed by atoms with Crippen LogP contribution in [0.2, 0.25) is 0 Å². The smallest absolute Gasteiger partial charge is 0.254 e. The van der Waals surface area contributed by atoms with Crippen molar-refractivity contribution in [1.29, 1.82) is 0 Å². The fourth-order valence-electron chi connectivity index (χ4n) is 1.99. The largest absolute Gasteiger partial charge is 0.363 e. The van der Waals surface area contributed by atoms with Gasteiger partial charge in [-0.2, -0.15) is 0 Å². The number of hydrogen-bond donors (Lipinski definition) is 2. The van der Waals surface area contributed by atoms with Crippen LogP contribution >= 0.6 is 12.4 Å². The lowest BCUT2D eigenvalue weighted by Crippen LogP contribution is -2.42. The molecule has 0 radical (unpaired) electrons. The van der Waals surface area contributed by atoms with Gasteiger partial charge in [0.2, 0.25) is 0 Å². The Morgan fingerprint density at radius 3 is 3.00 bits per heavy atom. The van der Waals surface area contributed by atoms with E-state index in [1.807, 2.05) is 31.2 Å². The number of amides is 1. The molecule has 1 aliphatic heterocycles. The normalized spacial score (nSPS) is 19.3. The minimum Gasteiger partial charge on any atom is -0.363 e. The molecule has 1 unspecified atom stereocenters. The Morgan fingerprint density at radius 2 is 2.28 bits per heavy atom. The summed E-state index contributed by atoms with van der Waals surface area (Å²) >= 11 is 0. The van der Waals surface area contributed by atoms with Crippen molar-refractivity contribution in [2.24, 2.45) is 5.73 Å². The highest BCUT2D eigenvalue weighted by Gasteiger charge is 2.27. The number of nitrogens with one attached hydrogen (secondary N) is 1. The van der Waals surface area contributed by atoms with Crippen molar-refractivity contribution in [2.75, 3.05) is 13.2 Å². The van der Waals surface area contributed by atoms with E-state index in [9.17, 15) is 4.79 Å². The second-order valence-corrected chi connectivity index (χ2v) is 4.34. The zero-order valence-corrected chi connectivity index (χ0v) is 11.2. The molecule has 0 aromatic heterocycles. The minimum atomic E-state index is -0.492. The average Bonchev–Trinajstić information content (AvgIpc) is 2.37. The van der Waals surface area contributed by atoms with E-state index in [4.69, 9.17) is 10.5 Å². The van der Waals surface area contributed by atoms with Gasteiger partial charge in [0.05, 0.1) is 6.61 Å². The maximum Gasteiger partial charge on any atom is 0.254 e. The molecule has 0 spiro atoms. The lowest BCUT2D eigenvalue weighted by Gasteiger charge is -2.26. The molecular formula is C13H19ClN2O2. The molecule has 4 nitrogen and oxygen atoms in total. The first-order valence-electron chi connectivity index (χ1n) is 5.92. The highest BCUT2D eigenvalue weighted by molar-refractivity contribution is 5.85. The van der Waals surface area contributed by atoms with Crippen molar-refractivity contribution in [3.63, 3.8) is 0 Å².